The highest BCUT2D eigenvalue weighted by Crippen LogP contribution is 2.35. The van der Waals surface area contributed by atoms with Crippen LogP contribution < -0.4 is 11.3 Å². The Morgan fingerprint density at radius 3 is 2.37 bits per heavy atom. The Labute approximate surface area is 116 Å². The molecule has 0 aromatic heterocycles. The molecule has 0 saturated carbocycles. The quantitative estimate of drug-likeness (QED) is 0.633. The van der Waals surface area contributed by atoms with Crippen molar-refractivity contribution in [3.63, 3.8) is 0 Å². The van der Waals surface area contributed by atoms with Gasteiger partial charge in [0.1, 0.15) is 0 Å². The highest BCUT2D eigenvalue weighted by molar-refractivity contribution is 5.15. The lowest BCUT2D eigenvalue weighted by atomic mass is 9.81. The second-order valence-corrected chi connectivity index (χ2v) is 5.78. The molecule has 3 N–H and O–H groups in total. The smallest absolute Gasteiger partial charge is 0.0597 e. The fourth-order valence-electron chi connectivity index (χ4n) is 3.34. The molecule has 0 bridgehead atoms. The van der Waals surface area contributed by atoms with Gasteiger partial charge in [-0.05, 0) is 38.2 Å². The molecule has 1 aromatic carbocycles. The standard InChI is InChI=1S/C16H26N2O/c1-11-12(2)19-13(3)16(11)15(18-17)10-9-14-7-5-4-6-8-14/h4-8,11-13,15-16,18H,9-10,17H2,1-3H3. The van der Waals surface area contributed by atoms with Crippen LogP contribution in [0.4, 0.5) is 0 Å². The van der Waals surface area contributed by atoms with Crippen molar-refractivity contribution in [1.82, 2.24) is 5.43 Å². The molecule has 106 valence electrons. The lowest BCUT2D eigenvalue weighted by Gasteiger charge is -2.28. The van der Waals surface area contributed by atoms with Gasteiger partial charge in [0, 0.05) is 12.0 Å². The van der Waals surface area contributed by atoms with Gasteiger partial charge < -0.3 is 4.74 Å². The van der Waals surface area contributed by atoms with Gasteiger partial charge in [-0.25, -0.2) is 0 Å². The Morgan fingerprint density at radius 1 is 1.16 bits per heavy atom. The summed E-state index contributed by atoms with van der Waals surface area (Å²) in [6, 6.07) is 10.9. The summed E-state index contributed by atoms with van der Waals surface area (Å²) in [5, 5.41) is 0. The van der Waals surface area contributed by atoms with E-state index >= 15 is 0 Å². The van der Waals surface area contributed by atoms with E-state index in [0.717, 1.165) is 12.8 Å². The minimum Gasteiger partial charge on any atom is -0.375 e. The van der Waals surface area contributed by atoms with Crippen molar-refractivity contribution in [2.45, 2.75) is 51.9 Å². The van der Waals surface area contributed by atoms with Crippen LogP contribution in [0.15, 0.2) is 30.3 Å². The summed E-state index contributed by atoms with van der Waals surface area (Å²) in [6.07, 6.45) is 2.71. The summed E-state index contributed by atoms with van der Waals surface area (Å²) in [5.74, 6) is 6.82. The maximum atomic E-state index is 5.93. The highest BCUT2D eigenvalue weighted by Gasteiger charge is 2.40. The van der Waals surface area contributed by atoms with E-state index < -0.39 is 0 Å². The van der Waals surface area contributed by atoms with Crippen LogP contribution in [0.1, 0.15) is 32.8 Å². The molecular formula is C16H26N2O. The van der Waals surface area contributed by atoms with E-state index in [-0.39, 0.29) is 6.10 Å². The molecule has 2 rings (SSSR count). The van der Waals surface area contributed by atoms with Crippen molar-refractivity contribution in [2.24, 2.45) is 17.7 Å². The topological polar surface area (TPSA) is 47.3 Å². The Hall–Kier alpha value is -0.900. The Kier molecular flexibility index (Phi) is 4.97. The van der Waals surface area contributed by atoms with Gasteiger partial charge >= 0.3 is 0 Å². The molecular weight excluding hydrogens is 236 g/mol. The number of nitrogens with one attached hydrogen (secondary N) is 1. The van der Waals surface area contributed by atoms with Gasteiger partial charge in [-0.1, -0.05) is 37.3 Å². The van der Waals surface area contributed by atoms with Crippen molar-refractivity contribution in [3.05, 3.63) is 35.9 Å². The predicted molar refractivity (Wildman–Crippen MR) is 78.5 cm³/mol. The summed E-state index contributed by atoms with van der Waals surface area (Å²) in [6.45, 7) is 6.59. The first-order valence-corrected chi connectivity index (χ1v) is 7.29. The number of hydrogen-bond acceptors (Lipinski definition) is 3. The van der Waals surface area contributed by atoms with Crippen molar-refractivity contribution in [2.75, 3.05) is 0 Å². The maximum Gasteiger partial charge on any atom is 0.0597 e. The number of hydrogen-bond donors (Lipinski definition) is 2. The minimum absolute atomic E-state index is 0.279. The Morgan fingerprint density at radius 2 is 1.84 bits per heavy atom. The predicted octanol–water partition coefficient (Wildman–Crippen LogP) is 2.51. The second kappa shape index (κ2) is 6.51. The molecule has 3 heteroatoms. The zero-order valence-corrected chi connectivity index (χ0v) is 12.2. The van der Waals surface area contributed by atoms with Gasteiger partial charge in [-0.15, -0.1) is 0 Å². The molecule has 0 spiro atoms. The van der Waals surface area contributed by atoms with Crippen LogP contribution in [0.2, 0.25) is 0 Å². The highest BCUT2D eigenvalue weighted by atomic mass is 16.5. The normalized spacial score (nSPS) is 32.4. The van der Waals surface area contributed by atoms with Gasteiger partial charge in [0.25, 0.3) is 0 Å². The molecule has 1 fully saturated rings. The zero-order chi connectivity index (χ0) is 13.8. The third-order valence-electron chi connectivity index (χ3n) is 4.58. The first kappa shape index (κ1) is 14.5. The fraction of sp³-hybridized carbons (Fsp3) is 0.625. The average Bonchev–Trinajstić information content (AvgIpc) is 2.67. The van der Waals surface area contributed by atoms with E-state index in [4.69, 9.17) is 10.6 Å². The van der Waals surface area contributed by atoms with Crippen molar-refractivity contribution >= 4 is 0 Å². The van der Waals surface area contributed by atoms with Crippen LogP contribution in [0, 0.1) is 11.8 Å². The molecule has 0 amide bonds. The van der Waals surface area contributed by atoms with Gasteiger partial charge in [-0.2, -0.15) is 0 Å². The van der Waals surface area contributed by atoms with Crippen LogP contribution in [-0.4, -0.2) is 18.2 Å². The minimum atomic E-state index is 0.279. The maximum absolute atomic E-state index is 5.93. The molecule has 1 aromatic rings. The van der Waals surface area contributed by atoms with E-state index in [2.05, 4.69) is 56.5 Å². The lowest BCUT2D eigenvalue weighted by molar-refractivity contribution is 0.0472. The van der Waals surface area contributed by atoms with E-state index in [1.54, 1.807) is 0 Å². The fourth-order valence-corrected chi connectivity index (χ4v) is 3.34. The zero-order valence-electron chi connectivity index (χ0n) is 12.2. The van der Waals surface area contributed by atoms with E-state index in [1.807, 2.05) is 0 Å². The molecule has 1 heterocycles. The Bertz CT molecular complexity index is 382. The molecule has 1 aliphatic heterocycles. The van der Waals surface area contributed by atoms with Crippen molar-refractivity contribution in [3.8, 4) is 0 Å². The van der Waals surface area contributed by atoms with Crippen molar-refractivity contribution < 1.29 is 4.74 Å². The number of ether oxygens (including phenoxy) is 1. The number of aryl methyl sites for hydroxylation is 1. The van der Waals surface area contributed by atoms with Gasteiger partial charge in [-0.3, -0.25) is 11.3 Å². The summed E-state index contributed by atoms with van der Waals surface area (Å²) in [7, 11) is 0. The van der Waals surface area contributed by atoms with E-state index in [0.29, 0.717) is 24.0 Å². The molecule has 3 nitrogen and oxygen atoms in total. The largest absolute Gasteiger partial charge is 0.375 e. The first-order chi connectivity index (χ1) is 9.13. The van der Waals surface area contributed by atoms with E-state index in [9.17, 15) is 0 Å². The van der Waals surface area contributed by atoms with Crippen molar-refractivity contribution in [1.29, 1.82) is 0 Å². The van der Waals surface area contributed by atoms with Gasteiger partial charge in [0.15, 0.2) is 0 Å². The third-order valence-corrected chi connectivity index (χ3v) is 4.58. The number of hydrazine groups is 1. The van der Waals surface area contributed by atoms with E-state index in [1.165, 1.54) is 5.56 Å². The third kappa shape index (κ3) is 3.35. The average molecular weight is 262 g/mol. The molecule has 1 aliphatic rings. The van der Waals surface area contributed by atoms with Crippen LogP contribution in [0.5, 0.6) is 0 Å². The molecule has 1 saturated heterocycles. The first-order valence-electron chi connectivity index (χ1n) is 7.29. The summed E-state index contributed by atoms with van der Waals surface area (Å²) in [4.78, 5) is 0. The second-order valence-electron chi connectivity index (χ2n) is 5.78. The monoisotopic (exact) mass is 262 g/mol. The summed E-state index contributed by atoms with van der Waals surface area (Å²) >= 11 is 0. The number of nitrogens with two attached hydrogens (primary N) is 1. The molecule has 5 atom stereocenters. The number of benzene rings is 1. The molecule has 0 radical (unpaired) electrons. The van der Waals surface area contributed by atoms with Crippen LogP contribution in [-0.2, 0) is 11.2 Å². The lowest BCUT2D eigenvalue weighted by Crippen LogP contribution is -2.45. The SMILES string of the molecule is CC1OC(C)C(C(CCc2ccccc2)NN)C1C. The summed E-state index contributed by atoms with van der Waals surface area (Å²) in [5.41, 5.74) is 4.39. The van der Waals surface area contributed by atoms with Crippen LogP contribution in [0.3, 0.4) is 0 Å². The summed E-state index contributed by atoms with van der Waals surface area (Å²) < 4.78 is 5.93. The van der Waals surface area contributed by atoms with Gasteiger partial charge in [0.05, 0.1) is 12.2 Å². The van der Waals surface area contributed by atoms with Gasteiger partial charge in [0.2, 0.25) is 0 Å². The van der Waals surface area contributed by atoms with Crippen LogP contribution in [0.25, 0.3) is 0 Å². The van der Waals surface area contributed by atoms with Crippen LogP contribution >= 0.6 is 0 Å². The number of rotatable bonds is 5. The molecule has 0 aliphatic carbocycles. The molecule has 5 unspecified atom stereocenters. The Balaban J connectivity index is 1.96. The molecule has 19 heavy (non-hydrogen) atoms.